The molecule has 0 bridgehead atoms. The summed E-state index contributed by atoms with van der Waals surface area (Å²) in [4.78, 5) is 37.1. The van der Waals surface area contributed by atoms with E-state index in [1.807, 2.05) is 0 Å². The van der Waals surface area contributed by atoms with Crippen molar-refractivity contribution in [2.24, 2.45) is 0 Å². The molecule has 1 aromatic rings. The smallest absolute Gasteiger partial charge is 0.428 e. The molecule has 0 fully saturated rings. The van der Waals surface area contributed by atoms with Gasteiger partial charge in [-0.05, 0) is 44.9 Å². The number of hydrogen-bond donors (Lipinski definition) is 0. The van der Waals surface area contributed by atoms with Gasteiger partial charge < -0.3 is 18.6 Å². The van der Waals surface area contributed by atoms with Crippen LogP contribution in [0.3, 0.4) is 0 Å². The first-order valence-corrected chi connectivity index (χ1v) is 20.0. The molecule has 0 saturated carbocycles. The standard InChI is InChI=1S/C27H46N4O6Si2/c1-26(2,3)37-25(33)30(14-12-13-15-36-39(10,11)27(4,5)6)21-18-28-24-23(29-21)31(22(32)19-35-24)20-34-16-17-38(7,8)9/h18H,13,15-17,19-20H2,1-11H3. The van der Waals surface area contributed by atoms with Crippen molar-refractivity contribution in [3.63, 3.8) is 0 Å². The summed E-state index contributed by atoms with van der Waals surface area (Å²) in [5, 5.41) is 0.0888. The lowest BCUT2D eigenvalue weighted by Gasteiger charge is -2.35. The zero-order valence-corrected chi connectivity index (χ0v) is 27.6. The number of rotatable bonds is 9. The molecule has 0 aromatic carbocycles. The first-order chi connectivity index (χ1) is 17.8. The van der Waals surface area contributed by atoms with Crippen molar-refractivity contribution < 1.29 is 28.2 Å². The molecule has 2 amide bonds. The number of ether oxygens (including phenoxy) is 3. The normalized spacial score (nSPS) is 14.2. The molecule has 0 spiro atoms. The van der Waals surface area contributed by atoms with Crippen LogP contribution in [0.1, 0.15) is 48.0 Å². The summed E-state index contributed by atoms with van der Waals surface area (Å²) in [7, 11) is -3.20. The van der Waals surface area contributed by atoms with Gasteiger partial charge in [0.05, 0.1) is 6.20 Å². The van der Waals surface area contributed by atoms with Gasteiger partial charge in [-0.1, -0.05) is 46.3 Å². The molecule has 10 nitrogen and oxygen atoms in total. The molecule has 218 valence electrons. The Balaban J connectivity index is 2.28. The quantitative estimate of drug-likeness (QED) is 0.161. The third-order valence-corrected chi connectivity index (χ3v) is 12.5. The lowest BCUT2D eigenvalue weighted by atomic mass is 10.2. The Morgan fingerprint density at radius 3 is 2.38 bits per heavy atom. The summed E-state index contributed by atoms with van der Waals surface area (Å²) in [6.07, 6.45) is 1.10. The van der Waals surface area contributed by atoms with Crippen molar-refractivity contribution in [2.75, 3.05) is 36.4 Å². The van der Waals surface area contributed by atoms with E-state index >= 15 is 0 Å². The maximum atomic E-state index is 13.1. The highest BCUT2D eigenvalue weighted by molar-refractivity contribution is 6.76. The van der Waals surface area contributed by atoms with Crippen molar-refractivity contribution >= 4 is 40.0 Å². The monoisotopic (exact) mass is 578 g/mol. The van der Waals surface area contributed by atoms with Gasteiger partial charge in [-0.15, -0.1) is 0 Å². The van der Waals surface area contributed by atoms with Crippen molar-refractivity contribution in [3.8, 4) is 17.8 Å². The maximum absolute atomic E-state index is 13.1. The van der Waals surface area contributed by atoms with Crippen LogP contribution < -0.4 is 14.5 Å². The number of carbonyl (C=O) groups excluding carboxylic acids is 2. The second kappa shape index (κ2) is 12.8. The molecule has 0 unspecified atom stereocenters. The summed E-state index contributed by atoms with van der Waals surface area (Å²) in [6.45, 7) is 23.8. The molecule has 0 saturated heterocycles. The van der Waals surface area contributed by atoms with Crippen LogP contribution >= 0.6 is 0 Å². The Bertz CT molecular complexity index is 1080. The van der Waals surface area contributed by atoms with E-state index in [0.29, 0.717) is 19.6 Å². The van der Waals surface area contributed by atoms with Gasteiger partial charge >= 0.3 is 6.09 Å². The minimum absolute atomic E-state index is 0.0146. The van der Waals surface area contributed by atoms with E-state index in [-0.39, 0.29) is 41.8 Å². The summed E-state index contributed by atoms with van der Waals surface area (Å²) >= 11 is 0. The Hall–Kier alpha value is -2.47. The number of anilines is 2. The zero-order valence-electron chi connectivity index (χ0n) is 25.6. The topological polar surface area (TPSA) is 103 Å². The van der Waals surface area contributed by atoms with Gasteiger partial charge in [-0.25, -0.2) is 14.8 Å². The molecular weight excluding hydrogens is 532 g/mol. The van der Waals surface area contributed by atoms with Crippen LogP contribution in [0.25, 0.3) is 0 Å². The summed E-state index contributed by atoms with van der Waals surface area (Å²) in [5.41, 5.74) is -0.751. The van der Waals surface area contributed by atoms with Gasteiger partial charge in [-0.2, -0.15) is 4.90 Å². The van der Waals surface area contributed by atoms with E-state index in [1.165, 1.54) is 11.1 Å². The average Bonchev–Trinajstić information content (AvgIpc) is 2.77. The van der Waals surface area contributed by atoms with Crippen LogP contribution in [0, 0.1) is 12.0 Å². The van der Waals surface area contributed by atoms with Crippen LogP contribution in [-0.2, 0) is 18.7 Å². The minimum Gasteiger partial charge on any atom is -0.465 e. The first kappa shape index (κ1) is 32.7. The van der Waals surface area contributed by atoms with Crippen LogP contribution in [0.2, 0.25) is 43.8 Å². The molecule has 2 heterocycles. The van der Waals surface area contributed by atoms with Crippen molar-refractivity contribution in [1.29, 1.82) is 0 Å². The summed E-state index contributed by atoms with van der Waals surface area (Å²) < 4.78 is 23.0. The first-order valence-electron chi connectivity index (χ1n) is 13.3. The molecule has 1 aromatic heterocycles. The highest BCUT2D eigenvalue weighted by Crippen LogP contribution is 2.36. The zero-order chi connectivity index (χ0) is 29.6. The van der Waals surface area contributed by atoms with Gasteiger partial charge in [0.1, 0.15) is 12.3 Å². The van der Waals surface area contributed by atoms with Gasteiger partial charge in [0.15, 0.2) is 20.7 Å². The van der Waals surface area contributed by atoms with Crippen LogP contribution in [0.4, 0.5) is 16.4 Å². The fourth-order valence-corrected chi connectivity index (χ4v) is 4.75. The van der Waals surface area contributed by atoms with E-state index in [2.05, 4.69) is 75.4 Å². The molecule has 2 rings (SSSR count). The average molecular weight is 579 g/mol. The molecule has 0 aliphatic carbocycles. The Kier molecular flexibility index (Phi) is 10.7. The number of carbonyl (C=O) groups is 2. The van der Waals surface area contributed by atoms with E-state index < -0.39 is 28.1 Å². The SMILES string of the molecule is CC(C)(C)OC(=O)N(C#CCCO[Si](C)(C)C(C)(C)C)c1cnc2c(n1)N(COCC[Si](C)(C)C)C(=O)CO2. The molecule has 12 heteroatoms. The Morgan fingerprint density at radius 1 is 1.13 bits per heavy atom. The molecular formula is C27H46N4O6Si2. The number of fused-ring (bicyclic) bond motifs is 1. The second-order valence-electron chi connectivity index (χ2n) is 13.3. The fourth-order valence-electron chi connectivity index (χ4n) is 2.95. The largest absolute Gasteiger partial charge is 0.465 e. The van der Waals surface area contributed by atoms with Crippen LogP contribution in [0.5, 0.6) is 5.88 Å². The Labute approximate surface area is 235 Å². The van der Waals surface area contributed by atoms with Crippen molar-refractivity contribution in [1.82, 2.24) is 9.97 Å². The van der Waals surface area contributed by atoms with Gasteiger partial charge in [0, 0.05) is 33.8 Å². The Morgan fingerprint density at radius 2 is 1.79 bits per heavy atom. The number of aromatic nitrogens is 2. The van der Waals surface area contributed by atoms with E-state index in [9.17, 15) is 9.59 Å². The lowest BCUT2D eigenvalue weighted by molar-refractivity contribution is -0.122. The molecule has 0 radical (unpaired) electrons. The van der Waals surface area contributed by atoms with Crippen LogP contribution in [0.15, 0.2) is 6.20 Å². The summed E-state index contributed by atoms with van der Waals surface area (Å²) in [6, 6.07) is 3.82. The van der Waals surface area contributed by atoms with E-state index in [0.717, 1.165) is 10.9 Å². The third-order valence-electron chi connectivity index (χ3n) is 6.31. The van der Waals surface area contributed by atoms with Crippen molar-refractivity contribution in [2.45, 2.75) is 97.4 Å². The molecule has 39 heavy (non-hydrogen) atoms. The van der Waals surface area contributed by atoms with E-state index in [1.54, 1.807) is 20.8 Å². The van der Waals surface area contributed by atoms with Crippen LogP contribution in [-0.4, -0.2) is 70.5 Å². The van der Waals surface area contributed by atoms with E-state index in [4.69, 9.17) is 18.6 Å². The predicted molar refractivity (Wildman–Crippen MR) is 158 cm³/mol. The molecule has 1 aliphatic heterocycles. The number of hydrogen-bond acceptors (Lipinski definition) is 8. The third kappa shape index (κ3) is 10.2. The number of amides is 2. The molecule has 0 atom stereocenters. The van der Waals surface area contributed by atoms with Gasteiger partial charge in [0.2, 0.25) is 5.82 Å². The summed E-state index contributed by atoms with van der Waals surface area (Å²) in [5.74, 6) is 3.18. The van der Waals surface area contributed by atoms with Crippen molar-refractivity contribution in [3.05, 3.63) is 6.20 Å². The van der Waals surface area contributed by atoms with Gasteiger partial charge in [-0.3, -0.25) is 9.69 Å². The van der Waals surface area contributed by atoms with Gasteiger partial charge in [0.25, 0.3) is 11.8 Å². The molecule has 1 aliphatic rings. The second-order valence-corrected chi connectivity index (χ2v) is 23.7. The highest BCUT2D eigenvalue weighted by atomic mass is 28.4. The minimum atomic E-state index is -1.91. The number of nitrogens with zero attached hydrogens (tertiary/aromatic N) is 4. The molecule has 0 N–H and O–H groups in total. The predicted octanol–water partition coefficient (Wildman–Crippen LogP) is 5.63. The fraction of sp³-hybridized carbons (Fsp3) is 0.704. The lowest BCUT2D eigenvalue weighted by Crippen LogP contribution is -2.42. The maximum Gasteiger partial charge on any atom is 0.428 e. The highest BCUT2D eigenvalue weighted by Gasteiger charge is 2.37.